The molecule has 154 valence electrons. The molecule has 31 heavy (non-hydrogen) atoms. The lowest BCUT2D eigenvalue weighted by molar-refractivity contribution is -0.597. The molecule has 0 unspecified atom stereocenters. The molecular formula is C27H22IO3+. The van der Waals surface area contributed by atoms with Gasteiger partial charge in [-0.2, -0.15) is 0 Å². The van der Waals surface area contributed by atoms with Crippen molar-refractivity contribution in [3.63, 3.8) is 0 Å². The van der Waals surface area contributed by atoms with Crippen LogP contribution in [-0.4, -0.2) is 5.97 Å². The van der Waals surface area contributed by atoms with E-state index in [0.29, 0.717) is 11.3 Å². The van der Waals surface area contributed by atoms with Crippen molar-refractivity contribution >= 4 is 5.97 Å². The van der Waals surface area contributed by atoms with E-state index < -0.39 is 0 Å². The summed E-state index contributed by atoms with van der Waals surface area (Å²) < 4.78 is 14.0. The molecule has 0 atom stereocenters. The van der Waals surface area contributed by atoms with Crippen LogP contribution < -0.4 is 30.7 Å². The van der Waals surface area contributed by atoms with Crippen LogP contribution in [-0.2, 0) is 0 Å². The van der Waals surface area contributed by atoms with E-state index in [2.05, 4.69) is 12.1 Å². The van der Waals surface area contributed by atoms with Crippen molar-refractivity contribution in [2.45, 2.75) is 13.8 Å². The fraction of sp³-hybridized carbons (Fsp3) is 0.0741. The SMILES string of the molecule is Cc1ccccc1Oc1ccc([I+]c2ccc(OC(=O)c3ccccc3C)cc2)cc1. The number of carbonyl (C=O) groups excluding carboxylic acids is 1. The van der Waals surface area contributed by atoms with Gasteiger partial charge in [0.25, 0.3) is 0 Å². The Hall–Kier alpha value is -3.12. The van der Waals surface area contributed by atoms with E-state index in [1.807, 2.05) is 92.7 Å². The van der Waals surface area contributed by atoms with Gasteiger partial charge in [-0.1, -0.05) is 36.4 Å². The number of hydrogen-bond donors (Lipinski definition) is 0. The molecule has 0 saturated heterocycles. The van der Waals surface area contributed by atoms with Gasteiger partial charge in [0.15, 0.2) is 7.14 Å². The van der Waals surface area contributed by atoms with Gasteiger partial charge in [-0.3, -0.25) is 0 Å². The van der Waals surface area contributed by atoms with Crippen molar-refractivity contribution < 1.29 is 35.5 Å². The summed E-state index contributed by atoms with van der Waals surface area (Å²) in [5.74, 6) is 1.94. The van der Waals surface area contributed by atoms with Gasteiger partial charge >= 0.3 is 27.2 Å². The van der Waals surface area contributed by atoms with Gasteiger partial charge in [-0.15, -0.1) is 0 Å². The summed E-state index contributed by atoms with van der Waals surface area (Å²) in [5.41, 5.74) is 2.61. The number of esters is 1. The van der Waals surface area contributed by atoms with Crippen molar-refractivity contribution in [2.75, 3.05) is 0 Å². The molecule has 0 aliphatic heterocycles. The van der Waals surface area contributed by atoms with E-state index in [9.17, 15) is 4.79 Å². The number of carbonyl (C=O) groups is 1. The minimum Gasteiger partial charge on any atom is -0.457 e. The predicted molar refractivity (Wildman–Crippen MR) is 118 cm³/mol. The summed E-state index contributed by atoms with van der Waals surface area (Å²) in [6.07, 6.45) is 0. The van der Waals surface area contributed by atoms with Gasteiger partial charge in [-0.25, -0.2) is 4.79 Å². The fourth-order valence-electron chi connectivity index (χ4n) is 3.02. The van der Waals surface area contributed by atoms with Crippen LogP contribution in [0.1, 0.15) is 21.5 Å². The Morgan fingerprint density at radius 2 is 1.19 bits per heavy atom. The topological polar surface area (TPSA) is 35.5 Å². The molecule has 0 heterocycles. The Labute approximate surface area is 192 Å². The predicted octanol–water partition coefficient (Wildman–Crippen LogP) is 3.44. The second kappa shape index (κ2) is 9.79. The second-order valence-corrected chi connectivity index (χ2v) is 10.1. The molecule has 0 aromatic heterocycles. The first kappa shape index (κ1) is 21.1. The minimum absolute atomic E-state index is 0.329. The lowest BCUT2D eigenvalue weighted by atomic mass is 10.1. The van der Waals surface area contributed by atoms with Crippen molar-refractivity contribution in [3.8, 4) is 17.2 Å². The number of halogens is 1. The summed E-state index contributed by atoms with van der Waals surface area (Å²) in [6.45, 7) is 3.94. The molecule has 4 rings (SSSR count). The van der Waals surface area contributed by atoms with Crippen LogP contribution in [0.4, 0.5) is 0 Å². The van der Waals surface area contributed by atoms with Gasteiger partial charge < -0.3 is 9.47 Å². The van der Waals surface area contributed by atoms with Gasteiger partial charge in [0.05, 0.1) is 5.56 Å². The van der Waals surface area contributed by atoms with Crippen LogP contribution in [0.2, 0.25) is 0 Å². The lowest BCUT2D eigenvalue weighted by Crippen LogP contribution is -3.61. The molecule has 0 saturated carbocycles. The van der Waals surface area contributed by atoms with E-state index in [-0.39, 0.29) is 27.2 Å². The molecule has 0 aliphatic rings. The lowest BCUT2D eigenvalue weighted by Gasteiger charge is -2.07. The molecule has 0 spiro atoms. The quantitative estimate of drug-likeness (QED) is 0.222. The fourth-order valence-corrected chi connectivity index (χ4v) is 5.18. The molecule has 0 radical (unpaired) electrons. The second-order valence-electron chi connectivity index (χ2n) is 7.07. The number of ether oxygens (including phenoxy) is 2. The molecule has 0 amide bonds. The molecule has 4 aromatic rings. The van der Waals surface area contributed by atoms with Crippen molar-refractivity contribution in [3.05, 3.63) is 121 Å². The van der Waals surface area contributed by atoms with Crippen LogP contribution in [0.15, 0.2) is 97.1 Å². The summed E-state index contributed by atoms with van der Waals surface area (Å²) in [6, 6.07) is 31.5. The highest BCUT2D eigenvalue weighted by Crippen LogP contribution is 2.23. The maximum atomic E-state index is 12.4. The van der Waals surface area contributed by atoms with Gasteiger partial charge in [0.2, 0.25) is 0 Å². The molecule has 4 aromatic carbocycles. The zero-order valence-corrected chi connectivity index (χ0v) is 19.5. The van der Waals surface area contributed by atoms with Gasteiger partial charge in [0, 0.05) is 0 Å². The maximum Gasteiger partial charge on any atom is 0.357 e. The number of aryl methyl sites for hydroxylation is 2. The molecule has 4 heteroatoms. The molecule has 0 N–H and O–H groups in total. The van der Waals surface area contributed by atoms with Gasteiger partial charge in [-0.05, 0) is 85.6 Å². The zero-order chi connectivity index (χ0) is 21.6. The van der Waals surface area contributed by atoms with E-state index in [4.69, 9.17) is 9.47 Å². The van der Waals surface area contributed by atoms with Crippen LogP contribution in [0.25, 0.3) is 0 Å². The molecule has 3 nitrogen and oxygen atoms in total. The normalized spacial score (nSPS) is 10.5. The van der Waals surface area contributed by atoms with Crippen molar-refractivity contribution in [2.24, 2.45) is 0 Å². The van der Waals surface area contributed by atoms with E-state index in [1.54, 1.807) is 6.07 Å². The van der Waals surface area contributed by atoms with E-state index in [0.717, 1.165) is 22.6 Å². The average molecular weight is 521 g/mol. The smallest absolute Gasteiger partial charge is 0.357 e. The van der Waals surface area contributed by atoms with E-state index >= 15 is 0 Å². The van der Waals surface area contributed by atoms with Crippen LogP contribution in [0, 0.1) is 21.0 Å². The first-order valence-electron chi connectivity index (χ1n) is 9.95. The number of hydrogen-bond acceptors (Lipinski definition) is 3. The Kier molecular flexibility index (Phi) is 6.67. The first-order valence-corrected chi connectivity index (χ1v) is 12.1. The molecular weight excluding hydrogens is 499 g/mol. The third kappa shape index (κ3) is 5.52. The molecule has 0 bridgehead atoms. The van der Waals surface area contributed by atoms with Crippen LogP contribution in [0.5, 0.6) is 17.2 Å². The van der Waals surface area contributed by atoms with Crippen molar-refractivity contribution in [1.82, 2.24) is 0 Å². The van der Waals surface area contributed by atoms with Crippen LogP contribution in [0.3, 0.4) is 0 Å². The number of rotatable bonds is 6. The van der Waals surface area contributed by atoms with E-state index in [1.165, 1.54) is 7.14 Å². The Balaban J connectivity index is 1.37. The largest absolute Gasteiger partial charge is 0.457 e. The third-order valence-corrected chi connectivity index (χ3v) is 7.43. The Morgan fingerprint density at radius 1 is 0.645 bits per heavy atom. The van der Waals surface area contributed by atoms with Crippen LogP contribution >= 0.6 is 0 Å². The summed E-state index contributed by atoms with van der Waals surface area (Å²) >= 11 is -0.331. The minimum atomic E-state index is -0.331. The average Bonchev–Trinajstić information content (AvgIpc) is 2.78. The Morgan fingerprint density at radius 3 is 1.81 bits per heavy atom. The number of para-hydroxylation sites is 1. The summed E-state index contributed by atoms with van der Waals surface area (Å²) in [5, 5.41) is 0. The summed E-state index contributed by atoms with van der Waals surface area (Å²) in [4.78, 5) is 12.4. The highest BCUT2D eigenvalue weighted by atomic mass is 127. The maximum absolute atomic E-state index is 12.4. The third-order valence-electron chi connectivity index (χ3n) is 4.74. The number of benzene rings is 4. The first-order chi connectivity index (χ1) is 15.1. The molecule has 0 aliphatic carbocycles. The molecule has 0 fully saturated rings. The van der Waals surface area contributed by atoms with Crippen molar-refractivity contribution in [1.29, 1.82) is 0 Å². The zero-order valence-electron chi connectivity index (χ0n) is 17.3. The summed E-state index contributed by atoms with van der Waals surface area (Å²) in [7, 11) is 0. The monoisotopic (exact) mass is 521 g/mol. The van der Waals surface area contributed by atoms with Gasteiger partial charge in [0.1, 0.15) is 17.2 Å². The highest BCUT2D eigenvalue weighted by molar-refractivity contribution is 5.92. The Bertz CT molecular complexity index is 1180. The standard InChI is InChI=1S/C27H22IO3/c1-19-7-3-5-9-25(19)27(29)31-24-17-13-22(14-18-24)28-21-11-15-23(16-12-21)30-26-10-6-4-8-20(26)2/h3-18H,1-2H3/q+1. The highest BCUT2D eigenvalue weighted by Gasteiger charge is 2.17.